The van der Waals surface area contributed by atoms with Crippen molar-refractivity contribution in [2.45, 2.75) is 31.6 Å². The molecular formula is C24H26N2O4S. The van der Waals surface area contributed by atoms with Crippen LogP contribution >= 0.6 is 0 Å². The summed E-state index contributed by atoms with van der Waals surface area (Å²) in [6, 6.07) is 23.7. The lowest BCUT2D eigenvalue weighted by Gasteiger charge is -2.09. The number of sulfonamides is 1. The maximum absolute atomic E-state index is 12.4. The highest BCUT2D eigenvalue weighted by Gasteiger charge is 2.13. The van der Waals surface area contributed by atoms with Gasteiger partial charge in [-0.2, -0.15) is 0 Å². The van der Waals surface area contributed by atoms with E-state index < -0.39 is 10.0 Å². The van der Waals surface area contributed by atoms with E-state index in [0.29, 0.717) is 31.9 Å². The van der Waals surface area contributed by atoms with Crippen molar-refractivity contribution in [1.82, 2.24) is 10.0 Å². The Labute approximate surface area is 183 Å². The standard InChI is InChI=1S/C24H26N2O4S/c1-2-26-31(28,29)23-13-11-22(12-14-23)24(27)25-16-20-9-6-10-21(15-20)18-30-17-19-7-4-3-5-8-19/h3-15,26H,2,16-18H2,1H3,(H,25,27). The van der Waals surface area contributed by atoms with Gasteiger partial charge in [0.15, 0.2) is 0 Å². The first-order chi connectivity index (χ1) is 15.0. The number of hydrogen-bond donors (Lipinski definition) is 2. The predicted molar refractivity (Wildman–Crippen MR) is 120 cm³/mol. The maximum Gasteiger partial charge on any atom is 0.251 e. The SMILES string of the molecule is CCNS(=O)(=O)c1ccc(C(=O)NCc2cccc(COCc3ccccc3)c2)cc1. The van der Waals surface area contributed by atoms with E-state index in [4.69, 9.17) is 4.74 Å². The van der Waals surface area contributed by atoms with Gasteiger partial charge in [0.05, 0.1) is 18.1 Å². The van der Waals surface area contributed by atoms with Crippen LogP contribution in [-0.2, 0) is 34.5 Å². The second kappa shape index (κ2) is 10.9. The molecule has 31 heavy (non-hydrogen) atoms. The minimum absolute atomic E-state index is 0.133. The van der Waals surface area contributed by atoms with Crippen LogP contribution in [0.2, 0.25) is 0 Å². The molecule has 0 atom stereocenters. The topological polar surface area (TPSA) is 84.5 Å². The third kappa shape index (κ3) is 6.75. The van der Waals surface area contributed by atoms with Crippen molar-refractivity contribution >= 4 is 15.9 Å². The molecule has 0 radical (unpaired) electrons. The summed E-state index contributed by atoms with van der Waals surface area (Å²) in [6.45, 7) is 3.41. The Morgan fingerprint density at radius 1 is 0.839 bits per heavy atom. The van der Waals surface area contributed by atoms with Crippen LogP contribution < -0.4 is 10.0 Å². The highest BCUT2D eigenvalue weighted by Crippen LogP contribution is 2.12. The fourth-order valence-corrected chi connectivity index (χ4v) is 4.07. The van der Waals surface area contributed by atoms with Crippen molar-refractivity contribution in [3.63, 3.8) is 0 Å². The molecule has 0 unspecified atom stereocenters. The summed E-state index contributed by atoms with van der Waals surface area (Å²) < 4.78 is 32.2. The normalized spacial score (nSPS) is 11.3. The number of carbonyl (C=O) groups excluding carboxylic acids is 1. The zero-order valence-corrected chi connectivity index (χ0v) is 18.2. The molecule has 0 aliphatic rings. The van der Waals surface area contributed by atoms with Gasteiger partial charge in [0.25, 0.3) is 5.91 Å². The van der Waals surface area contributed by atoms with Gasteiger partial charge in [0.2, 0.25) is 10.0 Å². The lowest BCUT2D eigenvalue weighted by molar-refractivity contribution is 0.0950. The Kier molecular flexibility index (Phi) is 7.94. The van der Waals surface area contributed by atoms with E-state index in [-0.39, 0.29) is 10.8 Å². The van der Waals surface area contributed by atoms with Crippen molar-refractivity contribution in [3.05, 3.63) is 101 Å². The van der Waals surface area contributed by atoms with Crippen molar-refractivity contribution in [1.29, 1.82) is 0 Å². The fourth-order valence-electron chi connectivity index (χ4n) is 3.03. The first kappa shape index (κ1) is 22.7. The summed E-state index contributed by atoms with van der Waals surface area (Å²) in [7, 11) is -3.53. The molecule has 162 valence electrons. The number of hydrogen-bond acceptors (Lipinski definition) is 4. The Hall–Kier alpha value is -3.00. The molecule has 0 heterocycles. The lowest BCUT2D eigenvalue weighted by atomic mass is 10.1. The van der Waals surface area contributed by atoms with Crippen molar-refractivity contribution < 1.29 is 17.9 Å². The second-order valence-corrected chi connectivity index (χ2v) is 8.77. The first-order valence-electron chi connectivity index (χ1n) is 10.1. The monoisotopic (exact) mass is 438 g/mol. The Bertz CT molecular complexity index is 1100. The van der Waals surface area contributed by atoms with E-state index in [0.717, 1.165) is 16.7 Å². The molecule has 0 bridgehead atoms. The zero-order valence-electron chi connectivity index (χ0n) is 17.4. The average molecular weight is 439 g/mol. The highest BCUT2D eigenvalue weighted by molar-refractivity contribution is 7.89. The fraction of sp³-hybridized carbons (Fsp3) is 0.208. The molecule has 0 saturated carbocycles. The van der Waals surface area contributed by atoms with Crippen molar-refractivity contribution in [3.8, 4) is 0 Å². The molecule has 0 aromatic heterocycles. The van der Waals surface area contributed by atoms with Crippen LogP contribution in [-0.4, -0.2) is 20.9 Å². The number of nitrogens with one attached hydrogen (secondary N) is 2. The van der Waals surface area contributed by atoms with Gasteiger partial charge in [0.1, 0.15) is 0 Å². The molecule has 3 aromatic rings. The van der Waals surface area contributed by atoms with E-state index in [1.165, 1.54) is 24.3 Å². The van der Waals surface area contributed by atoms with Gasteiger partial charge in [-0.15, -0.1) is 0 Å². The van der Waals surface area contributed by atoms with Gasteiger partial charge in [-0.05, 0) is 41.0 Å². The minimum atomic E-state index is -3.53. The molecule has 0 aliphatic heterocycles. The van der Waals surface area contributed by atoms with E-state index in [1.54, 1.807) is 6.92 Å². The molecule has 0 spiro atoms. The molecule has 7 heteroatoms. The van der Waals surface area contributed by atoms with Crippen LogP contribution in [0.1, 0.15) is 34.0 Å². The summed E-state index contributed by atoms with van der Waals surface area (Å²) in [5.41, 5.74) is 3.51. The molecule has 0 fully saturated rings. The number of carbonyl (C=O) groups is 1. The van der Waals surface area contributed by atoms with E-state index in [2.05, 4.69) is 10.0 Å². The van der Waals surface area contributed by atoms with E-state index >= 15 is 0 Å². The van der Waals surface area contributed by atoms with E-state index in [1.807, 2.05) is 54.6 Å². The minimum Gasteiger partial charge on any atom is -0.372 e. The van der Waals surface area contributed by atoms with E-state index in [9.17, 15) is 13.2 Å². The van der Waals surface area contributed by atoms with Crippen molar-refractivity contribution in [2.24, 2.45) is 0 Å². The predicted octanol–water partition coefficient (Wildman–Crippen LogP) is 3.63. The quantitative estimate of drug-likeness (QED) is 0.506. The van der Waals surface area contributed by atoms with Crippen LogP contribution in [0.5, 0.6) is 0 Å². The van der Waals surface area contributed by atoms with Gasteiger partial charge < -0.3 is 10.1 Å². The summed E-state index contributed by atoms with van der Waals surface area (Å²) >= 11 is 0. The molecule has 3 aromatic carbocycles. The summed E-state index contributed by atoms with van der Waals surface area (Å²) in [5.74, 6) is -0.266. The van der Waals surface area contributed by atoms with Crippen LogP contribution in [0.25, 0.3) is 0 Å². The Balaban J connectivity index is 1.52. The number of benzene rings is 3. The molecule has 0 aliphatic carbocycles. The molecule has 6 nitrogen and oxygen atoms in total. The summed E-state index contributed by atoms with van der Waals surface area (Å²) in [4.78, 5) is 12.6. The van der Waals surface area contributed by atoms with Gasteiger partial charge in [-0.1, -0.05) is 61.5 Å². The van der Waals surface area contributed by atoms with Crippen LogP contribution in [0.15, 0.2) is 83.8 Å². The van der Waals surface area contributed by atoms with Crippen LogP contribution in [0.3, 0.4) is 0 Å². The second-order valence-electron chi connectivity index (χ2n) is 7.01. The Morgan fingerprint density at radius 3 is 2.19 bits per heavy atom. The smallest absolute Gasteiger partial charge is 0.251 e. The molecular weight excluding hydrogens is 412 g/mol. The molecule has 1 amide bonds. The van der Waals surface area contributed by atoms with Crippen molar-refractivity contribution in [2.75, 3.05) is 6.54 Å². The summed E-state index contributed by atoms with van der Waals surface area (Å²) in [5, 5.41) is 2.86. The number of amides is 1. The lowest BCUT2D eigenvalue weighted by Crippen LogP contribution is -2.24. The first-order valence-corrected chi connectivity index (χ1v) is 11.5. The third-order valence-electron chi connectivity index (χ3n) is 4.59. The third-order valence-corrected chi connectivity index (χ3v) is 6.15. The van der Waals surface area contributed by atoms with Gasteiger partial charge >= 0.3 is 0 Å². The van der Waals surface area contributed by atoms with Gasteiger partial charge in [-0.25, -0.2) is 13.1 Å². The zero-order chi connectivity index (χ0) is 22.1. The molecule has 0 saturated heterocycles. The molecule has 2 N–H and O–H groups in total. The van der Waals surface area contributed by atoms with Crippen LogP contribution in [0.4, 0.5) is 0 Å². The van der Waals surface area contributed by atoms with Gasteiger partial charge in [0, 0.05) is 18.7 Å². The highest BCUT2D eigenvalue weighted by atomic mass is 32.2. The maximum atomic E-state index is 12.4. The molecule has 3 rings (SSSR count). The number of ether oxygens (including phenoxy) is 1. The van der Waals surface area contributed by atoms with Crippen LogP contribution in [0, 0.1) is 0 Å². The largest absolute Gasteiger partial charge is 0.372 e. The average Bonchev–Trinajstić information content (AvgIpc) is 2.78. The van der Waals surface area contributed by atoms with Gasteiger partial charge in [-0.3, -0.25) is 4.79 Å². The summed E-state index contributed by atoms with van der Waals surface area (Å²) in [6.07, 6.45) is 0. The Morgan fingerprint density at radius 2 is 1.48 bits per heavy atom. The number of rotatable bonds is 10.